The second-order valence-electron chi connectivity index (χ2n) is 13.3. The van der Waals surface area contributed by atoms with Gasteiger partial charge in [-0.3, -0.25) is 0 Å². The summed E-state index contributed by atoms with van der Waals surface area (Å²) in [7, 11) is 0. The van der Waals surface area contributed by atoms with Crippen LogP contribution < -0.4 is 0 Å². The molecule has 0 saturated carbocycles. The zero-order chi connectivity index (χ0) is 33.5. The molecule has 3 heterocycles. The number of para-hydroxylation sites is 5. The third-order valence-electron chi connectivity index (χ3n) is 10.5. The molecule has 0 amide bonds. The standard InChI is InChI=1S/C48H30N2O/c1-3-13-33(14-4-1)49-41-20-10-7-17-36(41)39-29-31(23-26-43(39)49)35-25-28-46-48(38-19-9-12-22-45(38)51-46)47(35)32-24-27-44-40(30-32)37-18-8-11-21-42(37)50(44)34-15-5-2-6-16-34/h1-30H. The number of benzene rings is 8. The molecule has 11 rings (SSSR count). The first-order chi connectivity index (χ1) is 25.3. The van der Waals surface area contributed by atoms with Gasteiger partial charge < -0.3 is 13.6 Å². The maximum absolute atomic E-state index is 6.50. The van der Waals surface area contributed by atoms with E-state index >= 15 is 0 Å². The first kappa shape index (κ1) is 28.0. The Morgan fingerprint density at radius 2 is 0.824 bits per heavy atom. The van der Waals surface area contributed by atoms with E-state index < -0.39 is 0 Å². The number of nitrogens with zero attached hydrogens (tertiary/aromatic N) is 2. The maximum atomic E-state index is 6.50. The van der Waals surface area contributed by atoms with Crippen LogP contribution in [0.15, 0.2) is 186 Å². The van der Waals surface area contributed by atoms with E-state index in [1.54, 1.807) is 0 Å². The van der Waals surface area contributed by atoms with Crippen LogP contribution in [-0.4, -0.2) is 9.13 Å². The molecule has 11 aromatic rings. The minimum absolute atomic E-state index is 0.892. The molecule has 0 bridgehead atoms. The van der Waals surface area contributed by atoms with E-state index in [0.29, 0.717) is 0 Å². The molecule has 3 aromatic heterocycles. The first-order valence-corrected chi connectivity index (χ1v) is 17.4. The molecule has 0 radical (unpaired) electrons. The molecular formula is C48H30N2O. The van der Waals surface area contributed by atoms with Crippen LogP contribution >= 0.6 is 0 Å². The van der Waals surface area contributed by atoms with E-state index in [0.717, 1.165) is 38.9 Å². The summed E-state index contributed by atoms with van der Waals surface area (Å²) >= 11 is 0. The highest BCUT2D eigenvalue weighted by atomic mass is 16.3. The molecule has 0 saturated heterocycles. The number of fused-ring (bicyclic) bond motifs is 9. The Bertz CT molecular complexity index is 3130. The van der Waals surface area contributed by atoms with Gasteiger partial charge in [-0.1, -0.05) is 109 Å². The molecule has 0 N–H and O–H groups in total. The Kier molecular flexibility index (Phi) is 5.96. The van der Waals surface area contributed by atoms with Crippen LogP contribution in [0, 0.1) is 0 Å². The fourth-order valence-electron chi connectivity index (χ4n) is 8.34. The Hall–Kier alpha value is -6.84. The molecule has 0 aliphatic carbocycles. The molecule has 3 heteroatoms. The summed E-state index contributed by atoms with van der Waals surface area (Å²) < 4.78 is 11.2. The zero-order valence-corrected chi connectivity index (χ0v) is 27.6. The summed E-state index contributed by atoms with van der Waals surface area (Å²) in [6, 6.07) is 65.5. The molecule has 0 fully saturated rings. The largest absolute Gasteiger partial charge is 0.456 e. The van der Waals surface area contributed by atoms with Crippen molar-refractivity contribution in [2.45, 2.75) is 0 Å². The lowest BCUT2D eigenvalue weighted by Gasteiger charge is -2.14. The van der Waals surface area contributed by atoms with Crippen molar-refractivity contribution in [3.63, 3.8) is 0 Å². The van der Waals surface area contributed by atoms with Crippen molar-refractivity contribution in [3.8, 4) is 33.6 Å². The SMILES string of the molecule is c1ccc(-n2c3ccccc3c3cc(-c4ccc5oc6ccccc6c5c4-c4ccc5c(c4)c4ccccc4n5-c4ccccc4)ccc32)cc1. The van der Waals surface area contributed by atoms with Crippen LogP contribution in [0.25, 0.3) is 99.2 Å². The molecular weight excluding hydrogens is 621 g/mol. The number of aromatic nitrogens is 2. The van der Waals surface area contributed by atoms with Crippen molar-refractivity contribution in [1.29, 1.82) is 0 Å². The van der Waals surface area contributed by atoms with Gasteiger partial charge in [0.1, 0.15) is 11.2 Å². The number of hydrogen-bond acceptors (Lipinski definition) is 1. The fourth-order valence-corrected chi connectivity index (χ4v) is 8.34. The highest BCUT2D eigenvalue weighted by Crippen LogP contribution is 2.45. The predicted molar refractivity (Wildman–Crippen MR) is 213 cm³/mol. The van der Waals surface area contributed by atoms with E-state index in [1.165, 1.54) is 60.3 Å². The van der Waals surface area contributed by atoms with E-state index in [-0.39, 0.29) is 0 Å². The summed E-state index contributed by atoms with van der Waals surface area (Å²) in [5, 5.41) is 7.20. The second kappa shape index (κ2) is 10.8. The average Bonchev–Trinajstić information content (AvgIpc) is 3.85. The lowest BCUT2D eigenvalue weighted by molar-refractivity contribution is 0.669. The van der Waals surface area contributed by atoms with Crippen molar-refractivity contribution < 1.29 is 4.42 Å². The van der Waals surface area contributed by atoms with Crippen LogP contribution in [0.5, 0.6) is 0 Å². The second-order valence-corrected chi connectivity index (χ2v) is 13.3. The van der Waals surface area contributed by atoms with Gasteiger partial charge in [0, 0.05) is 49.3 Å². The molecule has 0 unspecified atom stereocenters. The number of rotatable bonds is 4. The van der Waals surface area contributed by atoms with Gasteiger partial charge in [-0.05, 0) is 89.5 Å². The van der Waals surface area contributed by atoms with Gasteiger partial charge in [-0.2, -0.15) is 0 Å². The fraction of sp³-hybridized carbons (Fsp3) is 0. The molecule has 8 aromatic carbocycles. The van der Waals surface area contributed by atoms with Crippen molar-refractivity contribution in [1.82, 2.24) is 9.13 Å². The highest BCUT2D eigenvalue weighted by molar-refractivity contribution is 6.19. The van der Waals surface area contributed by atoms with Crippen LogP contribution in [0.1, 0.15) is 0 Å². The van der Waals surface area contributed by atoms with Crippen LogP contribution in [-0.2, 0) is 0 Å². The van der Waals surface area contributed by atoms with Gasteiger partial charge in [0.15, 0.2) is 0 Å². The van der Waals surface area contributed by atoms with Crippen molar-refractivity contribution in [3.05, 3.63) is 182 Å². The average molecular weight is 651 g/mol. The quantitative estimate of drug-likeness (QED) is 0.186. The van der Waals surface area contributed by atoms with Crippen LogP contribution in [0.4, 0.5) is 0 Å². The number of furan rings is 1. The van der Waals surface area contributed by atoms with E-state index in [2.05, 4.69) is 185 Å². The predicted octanol–water partition coefficient (Wildman–Crippen LogP) is 13.1. The van der Waals surface area contributed by atoms with Crippen LogP contribution in [0.3, 0.4) is 0 Å². The van der Waals surface area contributed by atoms with Crippen molar-refractivity contribution in [2.75, 3.05) is 0 Å². The minimum atomic E-state index is 0.892. The molecule has 3 nitrogen and oxygen atoms in total. The van der Waals surface area contributed by atoms with Gasteiger partial charge in [0.2, 0.25) is 0 Å². The smallest absolute Gasteiger partial charge is 0.136 e. The van der Waals surface area contributed by atoms with E-state index in [1.807, 2.05) is 6.07 Å². The molecule has 0 atom stereocenters. The Labute approximate surface area is 293 Å². The van der Waals surface area contributed by atoms with Gasteiger partial charge in [0.25, 0.3) is 0 Å². The monoisotopic (exact) mass is 650 g/mol. The van der Waals surface area contributed by atoms with Crippen LogP contribution in [0.2, 0.25) is 0 Å². The first-order valence-electron chi connectivity index (χ1n) is 17.4. The Balaban J connectivity index is 1.21. The summed E-state index contributed by atoms with van der Waals surface area (Å²) in [4.78, 5) is 0. The summed E-state index contributed by atoms with van der Waals surface area (Å²) in [6.45, 7) is 0. The normalized spacial score (nSPS) is 11.9. The van der Waals surface area contributed by atoms with E-state index in [4.69, 9.17) is 4.42 Å². The molecule has 0 spiro atoms. The third kappa shape index (κ3) is 4.12. The molecule has 51 heavy (non-hydrogen) atoms. The summed E-state index contributed by atoms with van der Waals surface area (Å²) in [5.74, 6) is 0. The molecule has 0 aliphatic heterocycles. The highest BCUT2D eigenvalue weighted by Gasteiger charge is 2.21. The topological polar surface area (TPSA) is 23.0 Å². The summed E-state index contributed by atoms with van der Waals surface area (Å²) in [5.41, 5.74) is 13.6. The van der Waals surface area contributed by atoms with Crippen molar-refractivity contribution in [2.24, 2.45) is 0 Å². The maximum Gasteiger partial charge on any atom is 0.136 e. The third-order valence-corrected chi connectivity index (χ3v) is 10.5. The van der Waals surface area contributed by atoms with Gasteiger partial charge >= 0.3 is 0 Å². The Morgan fingerprint density at radius 3 is 1.45 bits per heavy atom. The Morgan fingerprint density at radius 1 is 0.333 bits per heavy atom. The van der Waals surface area contributed by atoms with Gasteiger partial charge in [0.05, 0.1) is 22.1 Å². The van der Waals surface area contributed by atoms with Gasteiger partial charge in [-0.25, -0.2) is 0 Å². The molecule has 238 valence electrons. The lowest BCUT2D eigenvalue weighted by Crippen LogP contribution is -1.93. The van der Waals surface area contributed by atoms with Crippen molar-refractivity contribution >= 4 is 65.6 Å². The zero-order valence-electron chi connectivity index (χ0n) is 27.6. The number of hydrogen-bond donors (Lipinski definition) is 0. The van der Waals surface area contributed by atoms with E-state index in [9.17, 15) is 0 Å². The summed E-state index contributed by atoms with van der Waals surface area (Å²) in [6.07, 6.45) is 0. The molecule has 0 aliphatic rings. The minimum Gasteiger partial charge on any atom is -0.456 e. The lowest BCUT2D eigenvalue weighted by atomic mass is 9.89. The van der Waals surface area contributed by atoms with Gasteiger partial charge in [-0.15, -0.1) is 0 Å².